The van der Waals surface area contributed by atoms with Gasteiger partial charge in [-0.25, -0.2) is 0 Å². The summed E-state index contributed by atoms with van der Waals surface area (Å²) < 4.78 is 0. The highest BCUT2D eigenvalue weighted by Gasteiger charge is 2.30. The molecule has 1 aliphatic rings. The van der Waals surface area contributed by atoms with Gasteiger partial charge in [0.05, 0.1) is 12.5 Å². The maximum atomic E-state index is 11.9. The number of hydrogen-bond donors (Lipinski definition) is 0. The van der Waals surface area contributed by atoms with E-state index in [0.29, 0.717) is 12.8 Å². The third kappa shape index (κ3) is 3.05. The summed E-state index contributed by atoms with van der Waals surface area (Å²) in [5.74, 6) is 0.177. The van der Waals surface area contributed by atoms with Gasteiger partial charge in [-0.05, 0) is 18.5 Å². The van der Waals surface area contributed by atoms with Crippen LogP contribution in [-0.4, -0.2) is 29.1 Å². The summed E-state index contributed by atoms with van der Waals surface area (Å²) in [6, 6.07) is 10.1. The minimum absolute atomic E-state index is 0.0760. The van der Waals surface area contributed by atoms with E-state index in [4.69, 9.17) is 0 Å². The molecular formula is C15H19NO2. The van der Waals surface area contributed by atoms with E-state index >= 15 is 0 Å². The number of carbonyl (C=O) groups excluding carboxylic acids is 2. The minimum Gasteiger partial charge on any atom is -0.299 e. The van der Waals surface area contributed by atoms with Gasteiger partial charge in [-0.1, -0.05) is 37.3 Å². The zero-order chi connectivity index (χ0) is 13.0. The van der Waals surface area contributed by atoms with E-state index in [-0.39, 0.29) is 24.0 Å². The zero-order valence-corrected chi connectivity index (χ0v) is 10.8. The Labute approximate surface area is 108 Å². The van der Waals surface area contributed by atoms with Gasteiger partial charge in [0.15, 0.2) is 5.78 Å². The predicted octanol–water partition coefficient (Wildman–Crippen LogP) is 2.20. The molecule has 96 valence electrons. The van der Waals surface area contributed by atoms with Crippen molar-refractivity contribution in [2.75, 3.05) is 6.54 Å². The average Bonchev–Trinajstić information content (AvgIpc) is 2.38. The molecule has 18 heavy (non-hydrogen) atoms. The van der Waals surface area contributed by atoms with Gasteiger partial charge >= 0.3 is 0 Å². The summed E-state index contributed by atoms with van der Waals surface area (Å²) in [6.07, 6.45) is 1.34. The first-order chi connectivity index (χ1) is 8.70. The van der Waals surface area contributed by atoms with Gasteiger partial charge in [0.1, 0.15) is 5.78 Å². The first-order valence-electron chi connectivity index (χ1n) is 6.53. The monoisotopic (exact) mass is 245 g/mol. The number of Topliss-reactive ketones (excluding diaryl/α,β-unsaturated/α-hetero) is 2. The Morgan fingerprint density at radius 2 is 1.94 bits per heavy atom. The Morgan fingerprint density at radius 3 is 2.56 bits per heavy atom. The van der Waals surface area contributed by atoms with Crippen LogP contribution in [0.1, 0.15) is 31.7 Å². The first kappa shape index (κ1) is 13.0. The summed E-state index contributed by atoms with van der Waals surface area (Å²) in [5, 5.41) is 0. The SMILES string of the molecule is CCN(Cc1ccccc1)C1CCC(=O)CC1=O. The van der Waals surface area contributed by atoms with Crippen LogP contribution < -0.4 is 0 Å². The maximum absolute atomic E-state index is 11.9. The number of nitrogens with zero attached hydrogens (tertiary/aromatic N) is 1. The smallest absolute Gasteiger partial charge is 0.157 e. The summed E-state index contributed by atoms with van der Waals surface area (Å²) in [6.45, 7) is 3.67. The molecule has 0 amide bonds. The second-order valence-corrected chi connectivity index (χ2v) is 4.78. The molecule has 3 heteroatoms. The van der Waals surface area contributed by atoms with Crippen LogP contribution in [-0.2, 0) is 16.1 Å². The van der Waals surface area contributed by atoms with Crippen molar-refractivity contribution < 1.29 is 9.59 Å². The summed E-state index contributed by atoms with van der Waals surface area (Å²) >= 11 is 0. The average molecular weight is 245 g/mol. The molecule has 0 heterocycles. The van der Waals surface area contributed by atoms with Crippen molar-refractivity contribution >= 4 is 11.6 Å². The van der Waals surface area contributed by atoms with Gasteiger partial charge in [0.25, 0.3) is 0 Å². The van der Waals surface area contributed by atoms with Crippen LogP contribution in [0.15, 0.2) is 30.3 Å². The van der Waals surface area contributed by atoms with Crippen LogP contribution in [0.2, 0.25) is 0 Å². The van der Waals surface area contributed by atoms with Crippen molar-refractivity contribution in [3.63, 3.8) is 0 Å². The van der Waals surface area contributed by atoms with Gasteiger partial charge in [0.2, 0.25) is 0 Å². The highest BCUT2D eigenvalue weighted by atomic mass is 16.2. The molecule has 0 bridgehead atoms. The fraction of sp³-hybridized carbons (Fsp3) is 0.467. The van der Waals surface area contributed by atoms with Gasteiger partial charge in [-0.2, -0.15) is 0 Å². The summed E-state index contributed by atoms with van der Waals surface area (Å²) in [4.78, 5) is 25.4. The highest BCUT2D eigenvalue weighted by molar-refractivity contribution is 6.03. The normalized spacial score (nSPS) is 20.4. The number of benzene rings is 1. The molecule has 0 spiro atoms. The molecule has 3 nitrogen and oxygen atoms in total. The van der Waals surface area contributed by atoms with E-state index < -0.39 is 0 Å². The van der Waals surface area contributed by atoms with Gasteiger partial charge in [-0.3, -0.25) is 14.5 Å². The number of hydrogen-bond acceptors (Lipinski definition) is 3. The molecule has 1 unspecified atom stereocenters. The van der Waals surface area contributed by atoms with E-state index in [2.05, 4.69) is 24.0 Å². The summed E-state index contributed by atoms with van der Waals surface area (Å²) in [7, 11) is 0. The van der Waals surface area contributed by atoms with Crippen molar-refractivity contribution in [2.24, 2.45) is 0 Å². The maximum Gasteiger partial charge on any atom is 0.157 e. The quantitative estimate of drug-likeness (QED) is 0.763. The number of carbonyl (C=O) groups is 2. The molecule has 1 aliphatic carbocycles. The third-order valence-electron chi connectivity index (χ3n) is 3.52. The first-order valence-corrected chi connectivity index (χ1v) is 6.53. The van der Waals surface area contributed by atoms with Crippen LogP contribution in [0.25, 0.3) is 0 Å². The van der Waals surface area contributed by atoms with Crippen LogP contribution in [0.3, 0.4) is 0 Å². The second kappa shape index (κ2) is 5.91. The van der Waals surface area contributed by atoms with Crippen LogP contribution in [0.4, 0.5) is 0 Å². The highest BCUT2D eigenvalue weighted by Crippen LogP contribution is 2.19. The van der Waals surface area contributed by atoms with Crippen LogP contribution in [0.5, 0.6) is 0 Å². The van der Waals surface area contributed by atoms with E-state index in [0.717, 1.165) is 13.1 Å². The largest absolute Gasteiger partial charge is 0.299 e. The Morgan fingerprint density at radius 1 is 1.22 bits per heavy atom. The lowest BCUT2D eigenvalue weighted by atomic mass is 9.91. The lowest BCUT2D eigenvalue weighted by molar-refractivity contribution is -0.134. The van der Waals surface area contributed by atoms with Crippen molar-refractivity contribution in [3.05, 3.63) is 35.9 Å². The number of ketones is 2. The van der Waals surface area contributed by atoms with E-state index in [9.17, 15) is 9.59 Å². The van der Waals surface area contributed by atoms with Crippen molar-refractivity contribution in [1.82, 2.24) is 4.90 Å². The van der Waals surface area contributed by atoms with Gasteiger partial charge in [-0.15, -0.1) is 0 Å². The van der Waals surface area contributed by atoms with Gasteiger partial charge < -0.3 is 0 Å². The molecule has 1 aromatic rings. The predicted molar refractivity (Wildman–Crippen MR) is 70.2 cm³/mol. The third-order valence-corrected chi connectivity index (χ3v) is 3.52. The molecule has 0 saturated heterocycles. The second-order valence-electron chi connectivity index (χ2n) is 4.78. The zero-order valence-electron chi connectivity index (χ0n) is 10.8. The minimum atomic E-state index is -0.0760. The molecular weight excluding hydrogens is 226 g/mol. The van der Waals surface area contributed by atoms with E-state index in [1.165, 1.54) is 5.56 Å². The Hall–Kier alpha value is -1.48. The Balaban J connectivity index is 2.04. The topological polar surface area (TPSA) is 37.4 Å². The number of likely N-dealkylation sites (N-methyl/N-ethyl adjacent to an activating group) is 1. The Bertz CT molecular complexity index is 427. The van der Waals surface area contributed by atoms with E-state index in [1.807, 2.05) is 18.2 Å². The fourth-order valence-electron chi connectivity index (χ4n) is 2.51. The lowest BCUT2D eigenvalue weighted by Gasteiger charge is -2.31. The molecule has 0 aliphatic heterocycles. The lowest BCUT2D eigenvalue weighted by Crippen LogP contribution is -2.44. The van der Waals surface area contributed by atoms with Crippen LogP contribution >= 0.6 is 0 Å². The molecule has 0 aromatic heterocycles. The Kier molecular flexibility index (Phi) is 4.26. The molecule has 1 atom stereocenters. The van der Waals surface area contributed by atoms with E-state index in [1.54, 1.807) is 0 Å². The van der Waals surface area contributed by atoms with Gasteiger partial charge in [0, 0.05) is 13.0 Å². The van der Waals surface area contributed by atoms with Crippen molar-refractivity contribution in [3.8, 4) is 0 Å². The molecule has 1 aromatic carbocycles. The van der Waals surface area contributed by atoms with Crippen LogP contribution in [0, 0.1) is 0 Å². The number of rotatable bonds is 4. The molecule has 1 saturated carbocycles. The molecule has 0 radical (unpaired) electrons. The molecule has 1 fully saturated rings. The standard InChI is InChI=1S/C15H19NO2/c1-2-16(11-12-6-4-3-5-7-12)14-9-8-13(17)10-15(14)18/h3-7,14H,2,8-11H2,1H3. The fourth-order valence-corrected chi connectivity index (χ4v) is 2.51. The molecule has 0 N–H and O–H groups in total. The molecule has 2 rings (SSSR count). The van der Waals surface area contributed by atoms with Crippen molar-refractivity contribution in [2.45, 2.75) is 38.8 Å². The summed E-state index contributed by atoms with van der Waals surface area (Å²) in [5.41, 5.74) is 1.21. The van der Waals surface area contributed by atoms with Crippen molar-refractivity contribution in [1.29, 1.82) is 0 Å².